The number of hydrogen-bond acceptors (Lipinski definition) is 3. The van der Waals surface area contributed by atoms with Gasteiger partial charge in [-0.05, 0) is 84.9 Å². The molecule has 1 aromatic carbocycles. The maximum absolute atomic E-state index is 4.69. The van der Waals surface area contributed by atoms with Crippen LogP contribution in [0.5, 0.6) is 0 Å². The van der Waals surface area contributed by atoms with E-state index in [-0.39, 0.29) is 0 Å². The van der Waals surface area contributed by atoms with E-state index < -0.39 is 0 Å². The van der Waals surface area contributed by atoms with E-state index in [4.69, 9.17) is 5.10 Å². The molecule has 4 heteroatoms. The Morgan fingerprint density at radius 2 is 1.90 bits per heavy atom. The topological polar surface area (TPSA) is 42.7 Å². The first-order chi connectivity index (χ1) is 14.8. The minimum Gasteiger partial charge on any atom is -0.366 e. The number of pyridine rings is 1. The highest BCUT2D eigenvalue weighted by Gasteiger charge is 2.22. The van der Waals surface area contributed by atoms with Crippen LogP contribution in [-0.2, 0) is 25.8 Å². The van der Waals surface area contributed by atoms with Crippen LogP contribution in [0.15, 0.2) is 72.7 Å². The minimum atomic E-state index is 0.683. The third-order valence-corrected chi connectivity index (χ3v) is 6.27. The zero-order chi connectivity index (χ0) is 20.3. The van der Waals surface area contributed by atoms with Crippen molar-refractivity contribution < 1.29 is 0 Å². The first-order valence-corrected chi connectivity index (χ1v) is 10.9. The highest BCUT2D eigenvalue weighted by molar-refractivity contribution is 5.51. The molecule has 3 aromatic rings. The van der Waals surface area contributed by atoms with Gasteiger partial charge >= 0.3 is 0 Å². The van der Waals surface area contributed by atoms with Gasteiger partial charge in [0.1, 0.15) is 5.82 Å². The van der Waals surface area contributed by atoms with Crippen molar-refractivity contribution in [3.63, 3.8) is 0 Å². The van der Waals surface area contributed by atoms with Crippen molar-refractivity contribution in [2.75, 3.05) is 0 Å². The summed E-state index contributed by atoms with van der Waals surface area (Å²) in [6.07, 6.45) is 16.0. The van der Waals surface area contributed by atoms with Crippen molar-refractivity contribution in [1.29, 1.82) is 0 Å². The molecule has 0 radical (unpaired) electrons. The summed E-state index contributed by atoms with van der Waals surface area (Å²) in [5.41, 5.74) is 8.19. The molecule has 0 bridgehead atoms. The molecule has 4 nitrogen and oxygen atoms in total. The van der Waals surface area contributed by atoms with E-state index in [0.29, 0.717) is 5.92 Å². The van der Waals surface area contributed by atoms with Gasteiger partial charge in [-0.1, -0.05) is 36.4 Å². The Morgan fingerprint density at radius 3 is 2.67 bits per heavy atom. The summed E-state index contributed by atoms with van der Waals surface area (Å²) in [6.45, 7) is 2.89. The van der Waals surface area contributed by atoms with Crippen LogP contribution in [0, 0.1) is 12.8 Å². The molecule has 0 spiro atoms. The van der Waals surface area contributed by atoms with Crippen LogP contribution >= 0.6 is 0 Å². The average molecular weight is 397 g/mol. The highest BCUT2D eigenvalue weighted by Crippen LogP contribution is 2.32. The molecule has 1 aliphatic heterocycles. The molecule has 0 unspecified atom stereocenters. The third kappa shape index (κ3) is 3.95. The normalized spacial score (nSPS) is 19.6. The number of nitrogens with zero attached hydrogens (tertiary/aromatic N) is 3. The van der Waals surface area contributed by atoms with E-state index in [2.05, 4.69) is 64.4 Å². The molecule has 0 saturated heterocycles. The molecule has 0 amide bonds. The van der Waals surface area contributed by atoms with Gasteiger partial charge in [-0.3, -0.25) is 4.98 Å². The van der Waals surface area contributed by atoms with Gasteiger partial charge in [-0.25, -0.2) is 4.68 Å². The lowest BCUT2D eigenvalue weighted by molar-refractivity contribution is 0.559. The fourth-order valence-corrected chi connectivity index (χ4v) is 4.75. The molecule has 2 aromatic heterocycles. The molecular weight excluding hydrogens is 368 g/mol. The Morgan fingerprint density at radius 1 is 1.07 bits per heavy atom. The van der Waals surface area contributed by atoms with Crippen LogP contribution in [0.2, 0.25) is 0 Å². The number of fused-ring (bicyclic) bond motifs is 2. The maximum atomic E-state index is 4.69. The second-order valence-electron chi connectivity index (χ2n) is 8.50. The van der Waals surface area contributed by atoms with Crippen molar-refractivity contribution in [1.82, 2.24) is 20.1 Å². The molecule has 152 valence electrons. The lowest BCUT2D eigenvalue weighted by atomic mass is 9.94. The first kappa shape index (κ1) is 18.9. The number of benzene rings is 1. The van der Waals surface area contributed by atoms with Gasteiger partial charge in [-0.15, -0.1) is 0 Å². The molecule has 1 N–H and O–H groups in total. The predicted octanol–water partition coefficient (Wildman–Crippen LogP) is 4.85. The van der Waals surface area contributed by atoms with Crippen LogP contribution < -0.4 is 5.32 Å². The van der Waals surface area contributed by atoms with Crippen LogP contribution in [0.3, 0.4) is 0 Å². The fraction of sp³-hybridized carbons (Fsp3) is 0.308. The molecule has 5 rings (SSSR count). The highest BCUT2D eigenvalue weighted by atomic mass is 15.3. The van der Waals surface area contributed by atoms with Crippen LogP contribution in [-0.4, -0.2) is 14.8 Å². The molecule has 0 fully saturated rings. The summed E-state index contributed by atoms with van der Waals surface area (Å²) >= 11 is 0. The van der Waals surface area contributed by atoms with Crippen molar-refractivity contribution in [2.24, 2.45) is 5.92 Å². The van der Waals surface area contributed by atoms with E-state index in [0.717, 1.165) is 31.6 Å². The second-order valence-corrected chi connectivity index (χ2v) is 8.50. The Bertz CT molecular complexity index is 1070. The summed E-state index contributed by atoms with van der Waals surface area (Å²) < 4.78 is 2.10. The minimum absolute atomic E-state index is 0.683. The van der Waals surface area contributed by atoms with Crippen LogP contribution in [0.25, 0.3) is 5.82 Å². The van der Waals surface area contributed by atoms with E-state index in [1.807, 2.05) is 24.7 Å². The van der Waals surface area contributed by atoms with Gasteiger partial charge in [0, 0.05) is 24.6 Å². The lowest BCUT2D eigenvalue weighted by Crippen LogP contribution is -2.21. The maximum Gasteiger partial charge on any atom is 0.128 e. The van der Waals surface area contributed by atoms with E-state index in [1.165, 1.54) is 46.4 Å². The van der Waals surface area contributed by atoms with Gasteiger partial charge in [0.2, 0.25) is 0 Å². The Kier molecular flexibility index (Phi) is 5.22. The van der Waals surface area contributed by atoms with E-state index in [1.54, 1.807) is 0 Å². The molecule has 3 heterocycles. The summed E-state index contributed by atoms with van der Waals surface area (Å²) in [5, 5.41) is 8.32. The number of hydrogen-bond donors (Lipinski definition) is 1. The van der Waals surface area contributed by atoms with Gasteiger partial charge in [0.05, 0.1) is 6.20 Å². The molecule has 0 atom stereocenters. The van der Waals surface area contributed by atoms with Gasteiger partial charge in [-0.2, -0.15) is 5.10 Å². The molecular formula is C26H28N4. The second kappa shape index (κ2) is 8.31. The van der Waals surface area contributed by atoms with Crippen molar-refractivity contribution in [2.45, 2.75) is 45.6 Å². The molecule has 30 heavy (non-hydrogen) atoms. The lowest BCUT2D eigenvalue weighted by Gasteiger charge is -2.19. The van der Waals surface area contributed by atoms with E-state index >= 15 is 0 Å². The summed E-state index contributed by atoms with van der Waals surface area (Å²) in [6, 6.07) is 13.0. The van der Waals surface area contributed by atoms with Gasteiger partial charge in [0.15, 0.2) is 0 Å². The third-order valence-electron chi connectivity index (χ3n) is 6.27. The van der Waals surface area contributed by atoms with Crippen LogP contribution in [0.1, 0.15) is 40.8 Å². The first-order valence-electron chi connectivity index (χ1n) is 10.9. The summed E-state index contributed by atoms with van der Waals surface area (Å²) in [4.78, 5) is 4.24. The zero-order valence-electron chi connectivity index (χ0n) is 17.5. The predicted molar refractivity (Wildman–Crippen MR) is 121 cm³/mol. The van der Waals surface area contributed by atoms with Gasteiger partial charge in [0.25, 0.3) is 0 Å². The number of rotatable bonds is 5. The molecule has 0 saturated carbocycles. The fourth-order valence-electron chi connectivity index (χ4n) is 4.75. The smallest absolute Gasteiger partial charge is 0.128 e. The molecule has 1 aliphatic carbocycles. The molecule has 2 aliphatic rings. The number of nitrogens with one attached hydrogen (secondary N) is 1. The number of aryl methyl sites for hydroxylation is 1. The zero-order valence-corrected chi connectivity index (χ0v) is 17.5. The Labute approximate surface area is 178 Å². The van der Waals surface area contributed by atoms with E-state index in [9.17, 15) is 0 Å². The van der Waals surface area contributed by atoms with Crippen molar-refractivity contribution in [3.05, 3.63) is 101 Å². The Hall–Kier alpha value is -3.14. The quantitative estimate of drug-likeness (QED) is 0.670. The summed E-state index contributed by atoms with van der Waals surface area (Å²) in [7, 11) is 0. The standard InChI is InChI=1S/C26H28N4/c1-19-16-29-30-25(19)10-4-6-20(12-22-13-23-8-2-3-9-24(23)14-22)15-26(30)28-18-21-7-5-11-27-17-21/h2-3,5-9,11,15-17,22,28H,4,10,12-14,18H2,1H3/b20-6-,26-15-. The van der Waals surface area contributed by atoms with Crippen molar-refractivity contribution >= 4 is 5.82 Å². The average Bonchev–Trinajstić information content (AvgIpc) is 3.32. The Balaban J connectivity index is 1.39. The summed E-state index contributed by atoms with van der Waals surface area (Å²) in [5.74, 6) is 1.74. The number of allylic oxidation sites excluding steroid dienone is 3. The van der Waals surface area contributed by atoms with Crippen molar-refractivity contribution in [3.8, 4) is 0 Å². The van der Waals surface area contributed by atoms with Gasteiger partial charge < -0.3 is 5.32 Å². The number of aromatic nitrogens is 3. The SMILES string of the molecule is Cc1cnn2c1CC/C=C(CC1Cc3ccccc3C1)\C=C/2NCc1cccnc1. The monoisotopic (exact) mass is 396 g/mol. The van der Waals surface area contributed by atoms with Crippen LogP contribution in [0.4, 0.5) is 0 Å². The largest absolute Gasteiger partial charge is 0.366 e.